The van der Waals surface area contributed by atoms with Crippen molar-refractivity contribution in [2.45, 2.75) is 25.9 Å². The van der Waals surface area contributed by atoms with E-state index in [4.69, 9.17) is 4.74 Å². The normalized spacial score (nSPS) is 11.1. The van der Waals surface area contributed by atoms with Gasteiger partial charge in [0.2, 0.25) is 0 Å². The van der Waals surface area contributed by atoms with Gasteiger partial charge < -0.3 is 4.74 Å². The van der Waals surface area contributed by atoms with Gasteiger partial charge in [-0.25, -0.2) is 9.18 Å². The topological polar surface area (TPSA) is 26.3 Å². The van der Waals surface area contributed by atoms with Gasteiger partial charge in [-0.15, -0.1) is 0 Å². The van der Waals surface area contributed by atoms with Crippen molar-refractivity contribution in [3.8, 4) is 0 Å². The second-order valence-corrected chi connectivity index (χ2v) is 3.97. The number of esters is 1. The van der Waals surface area contributed by atoms with Crippen LogP contribution in [0.5, 0.6) is 0 Å². The summed E-state index contributed by atoms with van der Waals surface area (Å²) in [4.78, 5) is 11.4. The second kappa shape index (κ2) is 4.91. The van der Waals surface area contributed by atoms with Gasteiger partial charge in [-0.3, -0.25) is 0 Å². The van der Waals surface area contributed by atoms with E-state index in [1.165, 1.54) is 13.8 Å². The number of carbonyl (C=O) groups is 1. The molecular formula is C12H15FO2. The van der Waals surface area contributed by atoms with Crippen molar-refractivity contribution in [3.05, 3.63) is 35.9 Å². The van der Waals surface area contributed by atoms with E-state index in [0.717, 1.165) is 0 Å². The van der Waals surface area contributed by atoms with E-state index < -0.39 is 11.6 Å². The van der Waals surface area contributed by atoms with E-state index in [0.29, 0.717) is 5.56 Å². The van der Waals surface area contributed by atoms with E-state index in [1.54, 1.807) is 24.3 Å². The van der Waals surface area contributed by atoms with Crippen molar-refractivity contribution >= 4 is 5.97 Å². The molecule has 3 heteroatoms. The largest absolute Gasteiger partial charge is 0.462 e. The Morgan fingerprint density at radius 2 is 1.93 bits per heavy atom. The number of rotatable bonds is 4. The molecule has 0 aliphatic carbocycles. The van der Waals surface area contributed by atoms with Crippen LogP contribution in [0.4, 0.5) is 4.39 Å². The molecule has 15 heavy (non-hydrogen) atoms. The zero-order valence-corrected chi connectivity index (χ0v) is 9.00. The lowest BCUT2D eigenvalue weighted by molar-refractivity contribution is 0.0432. The number of halogens is 1. The molecule has 0 radical (unpaired) electrons. The molecule has 82 valence electrons. The molecule has 0 unspecified atom stereocenters. The van der Waals surface area contributed by atoms with Crippen molar-refractivity contribution in [2.75, 3.05) is 6.61 Å². The minimum Gasteiger partial charge on any atom is -0.462 e. The van der Waals surface area contributed by atoms with Crippen molar-refractivity contribution in [1.29, 1.82) is 0 Å². The smallest absolute Gasteiger partial charge is 0.338 e. The molecule has 0 N–H and O–H groups in total. The summed E-state index contributed by atoms with van der Waals surface area (Å²) < 4.78 is 18.0. The van der Waals surface area contributed by atoms with E-state index in [9.17, 15) is 9.18 Å². The SMILES string of the molecule is CC(C)(F)CCOC(=O)c1ccccc1. The maximum atomic E-state index is 13.1. The molecule has 0 heterocycles. The van der Waals surface area contributed by atoms with Crippen molar-refractivity contribution < 1.29 is 13.9 Å². The average Bonchev–Trinajstić information content (AvgIpc) is 2.17. The summed E-state index contributed by atoms with van der Waals surface area (Å²) >= 11 is 0. The molecule has 1 rings (SSSR count). The Labute approximate surface area is 89.1 Å². The summed E-state index contributed by atoms with van der Waals surface area (Å²) in [6, 6.07) is 8.68. The number of ether oxygens (including phenoxy) is 1. The third kappa shape index (κ3) is 4.58. The zero-order valence-electron chi connectivity index (χ0n) is 9.00. The number of hydrogen-bond donors (Lipinski definition) is 0. The molecule has 0 aliphatic heterocycles. The molecule has 0 bridgehead atoms. The number of alkyl halides is 1. The first-order valence-electron chi connectivity index (χ1n) is 4.90. The number of hydrogen-bond acceptors (Lipinski definition) is 2. The van der Waals surface area contributed by atoms with Gasteiger partial charge in [-0.05, 0) is 26.0 Å². The molecule has 1 aromatic rings. The van der Waals surface area contributed by atoms with E-state index >= 15 is 0 Å². The summed E-state index contributed by atoms with van der Waals surface area (Å²) in [5.41, 5.74) is -0.800. The first-order chi connectivity index (χ1) is 6.99. The minimum atomic E-state index is -1.29. The van der Waals surface area contributed by atoms with Crippen LogP contribution in [0.15, 0.2) is 30.3 Å². The lowest BCUT2D eigenvalue weighted by atomic mass is 10.1. The quantitative estimate of drug-likeness (QED) is 0.714. The predicted octanol–water partition coefficient (Wildman–Crippen LogP) is 2.98. The van der Waals surface area contributed by atoms with Gasteiger partial charge in [-0.1, -0.05) is 18.2 Å². The molecule has 1 aromatic carbocycles. The standard InChI is InChI=1S/C12H15FO2/c1-12(2,13)8-9-15-11(14)10-6-4-3-5-7-10/h3-7H,8-9H2,1-2H3. The monoisotopic (exact) mass is 210 g/mol. The van der Waals surface area contributed by atoms with Crippen LogP contribution in [-0.2, 0) is 4.74 Å². The third-order valence-electron chi connectivity index (χ3n) is 1.94. The van der Waals surface area contributed by atoms with Gasteiger partial charge in [0.1, 0.15) is 5.67 Å². The summed E-state index contributed by atoms with van der Waals surface area (Å²) in [7, 11) is 0. The van der Waals surface area contributed by atoms with Crippen LogP contribution in [0.25, 0.3) is 0 Å². The summed E-state index contributed by atoms with van der Waals surface area (Å²) in [5, 5.41) is 0. The number of benzene rings is 1. The summed E-state index contributed by atoms with van der Waals surface area (Å²) in [6.45, 7) is 3.03. The second-order valence-electron chi connectivity index (χ2n) is 3.97. The minimum absolute atomic E-state index is 0.108. The summed E-state index contributed by atoms with van der Waals surface area (Å²) in [5.74, 6) is -0.403. The van der Waals surface area contributed by atoms with Crippen LogP contribution >= 0.6 is 0 Å². The van der Waals surface area contributed by atoms with Gasteiger partial charge in [-0.2, -0.15) is 0 Å². The van der Waals surface area contributed by atoms with Crippen LogP contribution < -0.4 is 0 Å². The van der Waals surface area contributed by atoms with Crippen LogP contribution in [0, 0.1) is 0 Å². The van der Waals surface area contributed by atoms with Crippen LogP contribution in [0.3, 0.4) is 0 Å². The number of carbonyl (C=O) groups excluding carboxylic acids is 1. The molecule has 0 amide bonds. The zero-order chi connectivity index (χ0) is 11.3. The lowest BCUT2D eigenvalue weighted by Gasteiger charge is -2.13. The molecule has 0 saturated heterocycles. The molecule has 0 aliphatic rings. The summed E-state index contributed by atoms with van der Waals surface area (Å²) in [6.07, 6.45) is 0.214. The molecule has 0 saturated carbocycles. The van der Waals surface area contributed by atoms with Gasteiger partial charge >= 0.3 is 5.97 Å². The highest BCUT2D eigenvalue weighted by atomic mass is 19.1. The van der Waals surface area contributed by atoms with Crippen LogP contribution in [-0.4, -0.2) is 18.2 Å². The van der Waals surface area contributed by atoms with E-state index in [2.05, 4.69) is 0 Å². The lowest BCUT2D eigenvalue weighted by Crippen LogP contribution is -2.17. The highest BCUT2D eigenvalue weighted by Crippen LogP contribution is 2.13. The van der Waals surface area contributed by atoms with Gasteiger partial charge in [0, 0.05) is 6.42 Å². The average molecular weight is 210 g/mol. The maximum Gasteiger partial charge on any atom is 0.338 e. The fourth-order valence-corrected chi connectivity index (χ4v) is 1.04. The van der Waals surface area contributed by atoms with Crippen molar-refractivity contribution in [1.82, 2.24) is 0 Å². The highest BCUT2D eigenvalue weighted by molar-refractivity contribution is 5.89. The Morgan fingerprint density at radius 1 is 1.33 bits per heavy atom. The predicted molar refractivity (Wildman–Crippen MR) is 56.5 cm³/mol. The molecule has 0 atom stereocenters. The third-order valence-corrected chi connectivity index (χ3v) is 1.94. The first-order valence-corrected chi connectivity index (χ1v) is 4.90. The first kappa shape index (κ1) is 11.7. The molecule has 0 spiro atoms. The van der Waals surface area contributed by atoms with E-state index in [-0.39, 0.29) is 13.0 Å². The maximum absolute atomic E-state index is 13.1. The Hall–Kier alpha value is -1.38. The Bertz CT molecular complexity index is 314. The fraction of sp³-hybridized carbons (Fsp3) is 0.417. The van der Waals surface area contributed by atoms with Gasteiger partial charge in [0.25, 0.3) is 0 Å². The van der Waals surface area contributed by atoms with Crippen molar-refractivity contribution in [2.24, 2.45) is 0 Å². The Morgan fingerprint density at radius 3 is 2.47 bits per heavy atom. The molecule has 0 aromatic heterocycles. The molecular weight excluding hydrogens is 195 g/mol. The Kier molecular flexibility index (Phi) is 3.83. The Balaban J connectivity index is 2.38. The molecule has 0 fully saturated rings. The van der Waals surface area contributed by atoms with Gasteiger partial charge in [0.05, 0.1) is 12.2 Å². The fourth-order valence-electron chi connectivity index (χ4n) is 1.04. The van der Waals surface area contributed by atoms with Gasteiger partial charge in [0.15, 0.2) is 0 Å². The van der Waals surface area contributed by atoms with Crippen LogP contribution in [0.1, 0.15) is 30.6 Å². The van der Waals surface area contributed by atoms with Crippen LogP contribution in [0.2, 0.25) is 0 Å². The highest BCUT2D eigenvalue weighted by Gasteiger charge is 2.16. The van der Waals surface area contributed by atoms with E-state index in [1.807, 2.05) is 6.07 Å². The molecule has 2 nitrogen and oxygen atoms in total. The van der Waals surface area contributed by atoms with Crippen molar-refractivity contribution in [3.63, 3.8) is 0 Å².